The maximum atomic E-state index is 12.6. The van der Waals surface area contributed by atoms with Crippen molar-refractivity contribution in [2.24, 2.45) is 0 Å². The summed E-state index contributed by atoms with van der Waals surface area (Å²) in [5, 5.41) is 3.08. The third-order valence-electron chi connectivity index (χ3n) is 4.80. The molecule has 0 bridgehead atoms. The van der Waals surface area contributed by atoms with Crippen LogP contribution in [0.5, 0.6) is 0 Å². The van der Waals surface area contributed by atoms with Gasteiger partial charge in [-0.1, -0.05) is 36.4 Å². The fraction of sp³-hybridized carbons (Fsp3) is 0.273. The standard InChI is InChI=1S/C22H22N4O2/c27-20(13-17-8-4-5-11-23-17)25-19(15-6-2-1-3-7-15)12-18-14-21(28)26-22(24-18)16-9-10-16/h1-8,11,14,16,19H,9-10,12-13H2,(H,25,27)(H,24,26,28). The Kier molecular flexibility index (Phi) is 5.28. The van der Waals surface area contributed by atoms with E-state index in [4.69, 9.17) is 0 Å². The van der Waals surface area contributed by atoms with Crippen LogP contribution in [0.15, 0.2) is 65.6 Å². The van der Waals surface area contributed by atoms with E-state index in [0.717, 1.165) is 29.9 Å². The third kappa shape index (κ3) is 4.71. The molecule has 3 aromatic rings. The summed E-state index contributed by atoms with van der Waals surface area (Å²) >= 11 is 0. The van der Waals surface area contributed by atoms with Gasteiger partial charge in [-0.05, 0) is 30.5 Å². The average molecular weight is 374 g/mol. The molecule has 1 amide bonds. The molecule has 28 heavy (non-hydrogen) atoms. The van der Waals surface area contributed by atoms with Crippen LogP contribution in [0, 0.1) is 0 Å². The Bertz CT molecular complexity index is 998. The van der Waals surface area contributed by atoms with E-state index in [9.17, 15) is 9.59 Å². The molecule has 1 atom stereocenters. The molecule has 4 rings (SSSR count). The molecule has 1 unspecified atom stereocenters. The molecule has 2 N–H and O–H groups in total. The lowest BCUT2D eigenvalue weighted by molar-refractivity contribution is -0.121. The quantitative estimate of drug-likeness (QED) is 0.666. The molecule has 1 aliphatic rings. The smallest absolute Gasteiger partial charge is 0.251 e. The zero-order chi connectivity index (χ0) is 19.3. The van der Waals surface area contributed by atoms with Crippen LogP contribution in [-0.2, 0) is 17.6 Å². The van der Waals surface area contributed by atoms with E-state index in [1.165, 1.54) is 6.07 Å². The van der Waals surface area contributed by atoms with E-state index >= 15 is 0 Å². The Morgan fingerprint density at radius 3 is 2.61 bits per heavy atom. The van der Waals surface area contributed by atoms with E-state index in [0.29, 0.717) is 18.0 Å². The number of nitrogens with zero attached hydrogens (tertiary/aromatic N) is 2. The van der Waals surface area contributed by atoms with Gasteiger partial charge in [0, 0.05) is 30.3 Å². The second-order valence-electron chi connectivity index (χ2n) is 7.13. The summed E-state index contributed by atoms with van der Waals surface area (Å²) in [6.45, 7) is 0. The first-order valence-corrected chi connectivity index (χ1v) is 9.52. The minimum atomic E-state index is -0.265. The van der Waals surface area contributed by atoms with Crippen LogP contribution in [0.1, 0.15) is 47.6 Å². The van der Waals surface area contributed by atoms with Crippen LogP contribution in [0.4, 0.5) is 0 Å². The van der Waals surface area contributed by atoms with Crippen molar-refractivity contribution in [2.45, 2.75) is 37.6 Å². The van der Waals surface area contributed by atoms with Gasteiger partial charge < -0.3 is 10.3 Å². The Morgan fingerprint density at radius 1 is 1.11 bits per heavy atom. The van der Waals surface area contributed by atoms with Crippen molar-refractivity contribution >= 4 is 5.91 Å². The van der Waals surface area contributed by atoms with Crippen LogP contribution < -0.4 is 10.9 Å². The Labute approximate surface area is 163 Å². The second kappa shape index (κ2) is 8.17. The SMILES string of the molecule is O=C(Cc1ccccn1)NC(Cc1cc(=O)[nH]c(C2CC2)n1)c1ccccc1. The highest BCUT2D eigenvalue weighted by molar-refractivity contribution is 5.78. The maximum absolute atomic E-state index is 12.6. The summed E-state index contributed by atoms with van der Waals surface area (Å²) in [7, 11) is 0. The number of carbonyl (C=O) groups excluding carboxylic acids is 1. The summed E-state index contributed by atoms with van der Waals surface area (Å²) in [5.41, 5.74) is 2.25. The van der Waals surface area contributed by atoms with E-state index in [1.54, 1.807) is 6.20 Å². The summed E-state index contributed by atoms with van der Waals surface area (Å²) in [5.74, 6) is 1.01. The molecule has 1 saturated carbocycles. The third-order valence-corrected chi connectivity index (χ3v) is 4.80. The predicted molar refractivity (Wildman–Crippen MR) is 106 cm³/mol. The van der Waals surface area contributed by atoms with Crippen molar-refractivity contribution in [2.75, 3.05) is 0 Å². The monoisotopic (exact) mass is 374 g/mol. The number of H-pyrrole nitrogens is 1. The van der Waals surface area contributed by atoms with Crippen molar-refractivity contribution in [3.63, 3.8) is 0 Å². The van der Waals surface area contributed by atoms with Crippen molar-refractivity contribution in [3.05, 3.63) is 93.9 Å². The molecule has 6 nitrogen and oxygen atoms in total. The van der Waals surface area contributed by atoms with Gasteiger partial charge in [-0.2, -0.15) is 0 Å². The molecule has 2 heterocycles. The van der Waals surface area contributed by atoms with Gasteiger partial charge >= 0.3 is 0 Å². The Balaban J connectivity index is 1.54. The van der Waals surface area contributed by atoms with Gasteiger partial charge in [0.05, 0.1) is 18.2 Å². The number of hydrogen-bond donors (Lipinski definition) is 2. The number of nitrogens with one attached hydrogen (secondary N) is 2. The highest BCUT2D eigenvalue weighted by Gasteiger charge is 2.27. The van der Waals surface area contributed by atoms with Crippen LogP contribution in [0.2, 0.25) is 0 Å². The number of aromatic nitrogens is 3. The van der Waals surface area contributed by atoms with Crippen LogP contribution in [0.25, 0.3) is 0 Å². The van der Waals surface area contributed by atoms with E-state index in [-0.39, 0.29) is 23.9 Å². The summed E-state index contributed by atoms with van der Waals surface area (Å²) < 4.78 is 0. The zero-order valence-electron chi connectivity index (χ0n) is 15.5. The number of amides is 1. The molecule has 0 radical (unpaired) electrons. The van der Waals surface area contributed by atoms with Gasteiger partial charge in [0.2, 0.25) is 5.91 Å². The number of rotatable bonds is 7. The summed E-state index contributed by atoms with van der Waals surface area (Å²) in [6, 6.07) is 16.5. The number of hydrogen-bond acceptors (Lipinski definition) is 4. The van der Waals surface area contributed by atoms with Crippen LogP contribution in [0.3, 0.4) is 0 Å². The minimum Gasteiger partial charge on any atom is -0.349 e. The molecule has 2 aromatic heterocycles. The number of aromatic amines is 1. The normalized spacial score (nSPS) is 14.4. The fourth-order valence-corrected chi connectivity index (χ4v) is 3.24. The Hall–Kier alpha value is -3.28. The minimum absolute atomic E-state index is 0.111. The largest absolute Gasteiger partial charge is 0.349 e. The van der Waals surface area contributed by atoms with Gasteiger partial charge in [-0.3, -0.25) is 14.6 Å². The molecule has 1 fully saturated rings. The molecule has 1 aliphatic carbocycles. The first-order chi connectivity index (χ1) is 13.7. The first-order valence-electron chi connectivity index (χ1n) is 9.52. The van der Waals surface area contributed by atoms with Crippen LogP contribution >= 0.6 is 0 Å². The van der Waals surface area contributed by atoms with Gasteiger partial charge in [-0.15, -0.1) is 0 Å². The molecule has 6 heteroatoms. The molecule has 0 saturated heterocycles. The molecular formula is C22H22N4O2. The maximum Gasteiger partial charge on any atom is 0.251 e. The van der Waals surface area contributed by atoms with E-state index < -0.39 is 0 Å². The van der Waals surface area contributed by atoms with E-state index in [2.05, 4.69) is 20.3 Å². The summed E-state index contributed by atoms with van der Waals surface area (Å²) in [4.78, 5) is 36.3. The lowest BCUT2D eigenvalue weighted by Gasteiger charge is -2.19. The second-order valence-corrected chi connectivity index (χ2v) is 7.13. The van der Waals surface area contributed by atoms with Gasteiger partial charge in [0.15, 0.2) is 0 Å². The van der Waals surface area contributed by atoms with E-state index in [1.807, 2.05) is 48.5 Å². The molecule has 0 spiro atoms. The van der Waals surface area contributed by atoms with Crippen molar-refractivity contribution in [1.29, 1.82) is 0 Å². The summed E-state index contributed by atoms with van der Waals surface area (Å²) in [6.07, 6.45) is 4.48. The Morgan fingerprint density at radius 2 is 1.89 bits per heavy atom. The number of carbonyl (C=O) groups is 1. The first kappa shape index (κ1) is 18.1. The van der Waals surface area contributed by atoms with Crippen molar-refractivity contribution in [1.82, 2.24) is 20.3 Å². The zero-order valence-corrected chi connectivity index (χ0v) is 15.5. The highest BCUT2D eigenvalue weighted by atomic mass is 16.1. The molecule has 142 valence electrons. The van der Waals surface area contributed by atoms with Gasteiger partial charge in [0.1, 0.15) is 5.82 Å². The predicted octanol–water partition coefficient (Wildman–Crippen LogP) is 2.69. The lowest BCUT2D eigenvalue weighted by atomic mass is 10.0. The van der Waals surface area contributed by atoms with Gasteiger partial charge in [-0.25, -0.2) is 4.98 Å². The highest BCUT2D eigenvalue weighted by Crippen LogP contribution is 2.37. The lowest BCUT2D eigenvalue weighted by Crippen LogP contribution is -2.32. The van der Waals surface area contributed by atoms with Crippen molar-refractivity contribution in [3.8, 4) is 0 Å². The van der Waals surface area contributed by atoms with Crippen LogP contribution in [-0.4, -0.2) is 20.9 Å². The van der Waals surface area contributed by atoms with Gasteiger partial charge in [0.25, 0.3) is 5.56 Å². The average Bonchev–Trinajstić information content (AvgIpc) is 3.54. The molecule has 1 aromatic carbocycles. The number of pyridine rings is 1. The molecular weight excluding hydrogens is 352 g/mol. The topological polar surface area (TPSA) is 87.7 Å². The molecule has 0 aliphatic heterocycles. The number of benzene rings is 1. The fourth-order valence-electron chi connectivity index (χ4n) is 3.24. The van der Waals surface area contributed by atoms with Crippen molar-refractivity contribution < 1.29 is 4.79 Å².